The van der Waals surface area contributed by atoms with Gasteiger partial charge in [-0.1, -0.05) is 107 Å². The smallest absolute Gasteiger partial charge is 0.277 e. The third kappa shape index (κ3) is 6.29. The molecule has 0 bridgehead atoms. The van der Waals surface area contributed by atoms with Gasteiger partial charge in [-0.05, 0) is 18.1 Å². The van der Waals surface area contributed by atoms with Crippen LogP contribution in [0.25, 0.3) is 0 Å². The van der Waals surface area contributed by atoms with Crippen molar-refractivity contribution in [2.24, 2.45) is 0 Å². The quantitative estimate of drug-likeness (QED) is 0.177. The molecular weight excluding hydrogens is 482 g/mol. The average Bonchev–Trinajstić information content (AvgIpc) is 3.25. The molecule has 0 aliphatic heterocycles. The Balaban J connectivity index is 1.37. The maximum absolute atomic E-state index is 12.7. The van der Waals surface area contributed by atoms with Gasteiger partial charge < -0.3 is 0 Å². The second-order valence-electron chi connectivity index (χ2n) is 6.73. The molecule has 0 aliphatic rings. The van der Waals surface area contributed by atoms with E-state index in [1.54, 1.807) is 11.8 Å². The molecule has 10 heteroatoms. The molecular formula is C22H18ClN5OS3. The van der Waals surface area contributed by atoms with Crippen molar-refractivity contribution in [3.8, 4) is 0 Å². The number of hydrogen-bond acceptors (Lipinski definition) is 8. The Labute approximate surface area is 203 Å². The first-order chi connectivity index (χ1) is 15.6. The lowest BCUT2D eigenvalue weighted by atomic mass is 10.2. The number of thioether (sulfide) groups is 2. The van der Waals surface area contributed by atoms with Crippen molar-refractivity contribution in [2.75, 3.05) is 5.32 Å². The van der Waals surface area contributed by atoms with E-state index in [2.05, 4.69) is 56.7 Å². The van der Waals surface area contributed by atoms with E-state index in [4.69, 9.17) is 11.6 Å². The van der Waals surface area contributed by atoms with Crippen molar-refractivity contribution in [3.05, 3.63) is 88.2 Å². The molecule has 4 aromatic rings. The van der Waals surface area contributed by atoms with E-state index in [1.165, 1.54) is 40.4 Å². The third-order valence-corrected chi connectivity index (χ3v) is 7.47. The summed E-state index contributed by atoms with van der Waals surface area (Å²) in [4.78, 5) is 21.3. The number of rotatable bonds is 8. The minimum absolute atomic E-state index is 0.113. The summed E-state index contributed by atoms with van der Waals surface area (Å²) in [5.74, 6) is 1.04. The molecule has 0 spiro atoms. The molecule has 6 nitrogen and oxygen atoms in total. The second kappa shape index (κ2) is 10.9. The van der Waals surface area contributed by atoms with Gasteiger partial charge in [-0.15, -0.1) is 10.2 Å². The van der Waals surface area contributed by atoms with Gasteiger partial charge in [-0.25, -0.2) is 9.97 Å². The zero-order valence-electron chi connectivity index (χ0n) is 17.0. The minimum Gasteiger partial charge on any atom is -0.295 e. The molecule has 2 aromatic heterocycles. The number of aryl methyl sites for hydroxylation is 1. The highest BCUT2D eigenvalue weighted by Crippen LogP contribution is 2.29. The van der Waals surface area contributed by atoms with Crippen LogP contribution in [-0.4, -0.2) is 26.1 Å². The number of aromatic nitrogens is 4. The predicted molar refractivity (Wildman–Crippen MR) is 132 cm³/mol. The van der Waals surface area contributed by atoms with Crippen LogP contribution in [0.2, 0.25) is 5.02 Å². The average molecular weight is 500 g/mol. The van der Waals surface area contributed by atoms with Gasteiger partial charge in [0.05, 0.1) is 11.2 Å². The van der Waals surface area contributed by atoms with E-state index in [9.17, 15) is 4.79 Å². The molecule has 4 rings (SSSR count). The van der Waals surface area contributed by atoms with Gasteiger partial charge in [-0.2, -0.15) is 0 Å². The van der Waals surface area contributed by atoms with E-state index in [-0.39, 0.29) is 10.7 Å². The summed E-state index contributed by atoms with van der Waals surface area (Å²) in [6.07, 6.45) is 1.45. The van der Waals surface area contributed by atoms with Crippen molar-refractivity contribution in [2.45, 2.75) is 27.9 Å². The first-order valence-corrected chi connectivity index (χ1v) is 12.8. The Kier molecular flexibility index (Phi) is 7.75. The van der Waals surface area contributed by atoms with Crippen molar-refractivity contribution in [1.29, 1.82) is 0 Å². The van der Waals surface area contributed by atoms with Crippen LogP contribution in [0.1, 0.15) is 27.2 Å². The summed E-state index contributed by atoms with van der Waals surface area (Å²) in [5.41, 5.74) is 3.66. The van der Waals surface area contributed by atoms with Crippen molar-refractivity contribution in [1.82, 2.24) is 20.2 Å². The van der Waals surface area contributed by atoms with Crippen LogP contribution in [0.4, 0.5) is 5.13 Å². The summed E-state index contributed by atoms with van der Waals surface area (Å²) < 4.78 is 0.771. The van der Waals surface area contributed by atoms with Crippen molar-refractivity contribution >= 4 is 57.5 Å². The maximum atomic E-state index is 12.7. The molecule has 0 radical (unpaired) electrons. The van der Waals surface area contributed by atoms with Gasteiger partial charge in [0.25, 0.3) is 5.91 Å². The number of nitrogens with zero attached hydrogens (tertiary/aromatic N) is 4. The number of hydrogen-bond donors (Lipinski definition) is 1. The van der Waals surface area contributed by atoms with Crippen LogP contribution in [0.15, 0.2) is 70.3 Å². The number of amides is 1. The fraction of sp³-hybridized carbons (Fsp3) is 0.136. The molecule has 2 aromatic carbocycles. The van der Waals surface area contributed by atoms with Gasteiger partial charge >= 0.3 is 0 Å². The van der Waals surface area contributed by atoms with Gasteiger partial charge in [0.15, 0.2) is 15.2 Å². The lowest BCUT2D eigenvalue weighted by Crippen LogP contribution is -2.15. The monoisotopic (exact) mass is 499 g/mol. The molecule has 2 heterocycles. The largest absolute Gasteiger partial charge is 0.295 e. The third-order valence-electron chi connectivity index (χ3n) is 4.22. The second-order valence-corrected chi connectivity index (χ2v) is 10.3. The molecule has 0 atom stereocenters. The molecule has 0 saturated carbocycles. The highest BCUT2D eigenvalue weighted by atomic mass is 35.5. The minimum atomic E-state index is -0.439. The van der Waals surface area contributed by atoms with E-state index in [1.807, 2.05) is 30.3 Å². The Bertz CT molecular complexity index is 1220. The molecule has 0 unspecified atom stereocenters. The molecule has 1 N–H and O–H groups in total. The van der Waals surface area contributed by atoms with E-state index in [0.717, 1.165) is 15.7 Å². The van der Waals surface area contributed by atoms with Crippen LogP contribution < -0.4 is 5.32 Å². The highest BCUT2D eigenvalue weighted by Gasteiger charge is 2.17. The zero-order valence-corrected chi connectivity index (χ0v) is 20.2. The molecule has 1 amide bonds. The Morgan fingerprint density at radius 3 is 2.62 bits per heavy atom. The Hall–Kier alpha value is -2.46. The summed E-state index contributed by atoms with van der Waals surface area (Å²) in [7, 11) is 0. The summed E-state index contributed by atoms with van der Waals surface area (Å²) >= 11 is 10.5. The number of carbonyl (C=O) groups excluding carboxylic acids is 1. The first-order valence-electron chi connectivity index (χ1n) is 9.59. The fourth-order valence-electron chi connectivity index (χ4n) is 2.72. The maximum Gasteiger partial charge on any atom is 0.277 e. The Morgan fingerprint density at radius 1 is 1.03 bits per heavy atom. The van der Waals surface area contributed by atoms with Crippen LogP contribution in [-0.2, 0) is 11.5 Å². The van der Waals surface area contributed by atoms with Crippen molar-refractivity contribution < 1.29 is 4.79 Å². The molecule has 0 fully saturated rings. The lowest BCUT2D eigenvalue weighted by molar-refractivity contribution is 0.102. The molecule has 162 valence electrons. The standard InChI is InChI=1S/C22H18ClN5OS3/c1-14-6-5-9-16(10-14)13-30-20-24-11-17(23)18(25-20)19(29)26-21-27-28-22(32-21)31-12-15-7-3-2-4-8-15/h2-11H,12-13H2,1H3,(H,26,27,29). The summed E-state index contributed by atoms with van der Waals surface area (Å²) in [6.45, 7) is 2.05. The first kappa shape index (κ1) is 22.7. The number of nitrogens with one attached hydrogen (secondary N) is 1. The number of anilines is 1. The molecule has 32 heavy (non-hydrogen) atoms. The normalized spacial score (nSPS) is 10.8. The SMILES string of the molecule is Cc1cccc(CSc2ncc(Cl)c(C(=O)Nc3nnc(SCc4ccccc4)s3)n2)c1. The van der Waals surface area contributed by atoms with Crippen molar-refractivity contribution in [3.63, 3.8) is 0 Å². The van der Waals surface area contributed by atoms with E-state index >= 15 is 0 Å². The molecule has 0 saturated heterocycles. The van der Waals surface area contributed by atoms with Crippen LogP contribution in [0.3, 0.4) is 0 Å². The van der Waals surface area contributed by atoms with Crippen LogP contribution in [0, 0.1) is 6.92 Å². The number of carbonyl (C=O) groups is 1. The van der Waals surface area contributed by atoms with Gasteiger partial charge in [0, 0.05) is 11.5 Å². The van der Waals surface area contributed by atoms with E-state index < -0.39 is 5.91 Å². The summed E-state index contributed by atoms with van der Waals surface area (Å²) in [5, 5.41) is 12.0. The van der Waals surface area contributed by atoms with Crippen LogP contribution >= 0.6 is 46.5 Å². The molecule has 0 aliphatic carbocycles. The fourth-order valence-corrected chi connectivity index (χ4v) is 5.36. The predicted octanol–water partition coefficient (Wildman–Crippen LogP) is 6.13. The van der Waals surface area contributed by atoms with Gasteiger partial charge in [0.2, 0.25) is 5.13 Å². The topological polar surface area (TPSA) is 80.7 Å². The number of halogens is 1. The Morgan fingerprint density at radius 2 is 1.81 bits per heavy atom. The summed E-state index contributed by atoms with van der Waals surface area (Å²) in [6, 6.07) is 18.3. The van der Waals surface area contributed by atoms with Gasteiger partial charge in [0.1, 0.15) is 0 Å². The van der Waals surface area contributed by atoms with Crippen LogP contribution in [0.5, 0.6) is 0 Å². The lowest BCUT2D eigenvalue weighted by Gasteiger charge is -2.06. The van der Waals surface area contributed by atoms with Gasteiger partial charge in [-0.3, -0.25) is 10.1 Å². The number of benzene rings is 2. The zero-order chi connectivity index (χ0) is 22.3. The van der Waals surface area contributed by atoms with E-state index in [0.29, 0.717) is 16.0 Å². The highest BCUT2D eigenvalue weighted by molar-refractivity contribution is 8.00.